The molecule has 1 aliphatic heterocycles. The molecule has 3 rings (SSSR count). The van der Waals surface area contributed by atoms with E-state index in [2.05, 4.69) is 29.3 Å². The third-order valence-corrected chi connectivity index (χ3v) is 2.79. The molecular formula is C13H8N2. The molecule has 0 radical (unpaired) electrons. The van der Waals surface area contributed by atoms with Gasteiger partial charge in [0.25, 0.3) is 0 Å². The van der Waals surface area contributed by atoms with Gasteiger partial charge in [-0.25, -0.2) is 4.99 Å². The number of hydrogen-bond donors (Lipinski definition) is 0. The quantitative estimate of drug-likeness (QED) is 0.622. The van der Waals surface area contributed by atoms with Gasteiger partial charge in [0.2, 0.25) is 0 Å². The Morgan fingerprint density at radius 3 is 2.93 bits per heavy atom. The lowest BCUT2D eigenvalue weighted by Crippen LogP contribution is -2.03. The zero-order chi connectivity index (χ0) is 10.3. The van der Waals surface area contributed by atoms with Crippen LogP contribution in [-0.4, -0.2) is 6.21 Å². The van der Waals surface area contributed by atoms with Gasteiger partial charge in [-0.3, -0.25) is 0 Å². The van der Waals surface area contributed by atoms with E-state index in [1.165, 1.54) is 16.7 Å². The van der Waals surface area contributed by atoms with Crippen LogP contribution in [0.25, 0.3) is 6.08 Å². The molecule has 1 aromatic rings. The molecule has 0 saturated carbocycles. The van der Waals surface area contributed by atoms with Crippen LogP contribution >= 0.6 is 0 Å². The van der Waals surface area contributed by atoms with Crippen molar-refractivity contribution >= 4 is 12.3 Å². The van der Waals surface area contributed by atoms with E-state index in [-0.39, 0.29) is 5.92 Å². The van der Waals surface area contributed by atoms with E-state index in [0.29, 0.717) is 5.70 Å². The molecule has 1 heterocycles. The Balaban J connectivity index is 2.14. The average Bonchev–Trinajstić information content (AvgIpc) is 2.66. The molecule has 0 saturated heterocycles. The van der Waals surface area contributed by atoms with E-state index >= 15 is 0 Å². The number of benzene rings is 1. The molecule has 0 amide bonds. The van der Waals surface area contributed by atoms with Crippen molar-refractivity contribution in [3.63, 3.8) is 0 Å². The molecule has 15 heavy (non-hydrogen) atoms. The smallest absolute Gasteiger partial charge is 0.140 e. The minimum absolute atomic E-state index is 0.248. The SMILES string of the molecule is N#CC1=CC2=Cc3ccccc3C2C=N1. The van der Waals surface area contributed by atoms with Gasteiger partial charge in [0.15, 0.2) is 0 Å². The van der Waals surface area contributed by atoms with Crippen LogP contribution in [0, 0.1) is 11.3 Å². The molecule has 0 spiro atoms. The molecule has 1 atom stereocenters. The van der Waals surface area contributed by atoms with Crippen molar-refractivity contribution in [2.24, 2.45) is 4.99 Å². The number of hydrogen-bond acceptors (Lipinski definition) is 2. The Labute approximate surface area is 87.9 Å². The molecule has 0 bridgehead atoms. The maximum absolute atomic E-state index is 8.77. The zero-order valence-electron chi connectivity index (χ0n) is 8.01. The van der Waals surface area contributed by atoms with Gasteiger partial charge in [-0.05, 0) is 22.8 Å². The predicted octanol–water partition coefficient (Wildman–Crippen LogP) is 2.66. The summed E-state index contributed by atoms with van der Waals surface area (Å²) in [5, 5.41) is 8.77. The van der Waals surface area contributed by atoms with Crippen molar-refractivity contribution in [3.05, 3.63) is 52.7 Å². The minimum atomic E-state index is 0.248. The summed E-state index contributed by atoms with van der Waals surface area (Å²) < 4.78 is 0. The first-order valence-corrected chi connectivity index (χ1v) is 4.85. The van der Waals surface area contributed by atoms with Crippen molar-refractivity contribution in [2.45, 2.75) is 5.92 Å². The van der Waals surface area contributed by atoms with E-state index in [0.717, 1.165) is 0 Å². The predicted molar refractivity (Wildman–Crippen MR) is 59.3 cm³/mol. The van der Waals surface area contributed by atoms with Crippen LogP contribution < -0.4 is 0 Å². The summed E-state index contributed by atoms with van der Waals surface area (Å²) in [5.41, 5.74) is 4.18. The molecule has 2 nitrogen and oxygen atoms in total. The first-order chi connectivity index (χ1) is 7.38. The maximum Gasteiger partial charge on any atom is 0.140 e. The Morgan fingerprint density at radius 2 is 2.07 bits per heavy atom. The largest absolute Gasteiger partial charge is 0.249 e. The summed E-state index contributed by atoms with van der Waals surface area (Å²) in [5.74, 6) is 0.248. The minimum Gasteiger partial charge on any atom is -0.249 e. The lowest BCUT2D eigenvalue weighted by atomic mass is 9.95. The monoisotopic (exact) mass is 192 g/mol. The third kappa shape index (κ3) is 1.14. The van der Waals surface area contributed by atoms with Gasteiger partial charge in [0, 0.05) is 12.1 Å². The maximum atomic E-state index is 8.77. The first kappa shape index (κ1) is 8.19. The highest BCUT2D eigenvalue weighted by molar-refractivity contribution is 5.87. The summed E-state index contributed by atoms with van der Waals surface area (Å²) in [6.07, 6.45) is 5.85. The Hall–Kier alpha value is -2.14. The number of allylic oxidation sites excluding steroid dienone is 3. The molecule has 1 unspecified atom stereocenters. The van der Waals surface area contributed by atoms with Crippen molar-refractivity contribution in [1.29, 1.82) is 5.26 Å². The molecule has 1 aliphatic carbocycles. The summed E-state index contributed by atoms with van der Waals surface area (Å²) in [6.45, 7) is 0. The number of nitriles is 1. The summed E-state index contributed by atoms with van der Waals surface area (Å²) in [7, 11) is 0. The lowest BCUT2D eigenvalue weighted by molar-refractivity contribution is 1.10. The molecule has 2 heteroatoms. The highest BCUT2D eigenvalue weighted by Gasteiger charge is 2.24. The molecule has 0 N–H and O–H groups in total. The van der Waals surface area contributed by atoms with Gasteiger partial charge in [0.1, 0.15) is 11.8 Å². The lowest BCUT2D eigenvalue weighted by Gasteiger charge is -2.12. The van der Waals surface area contributed by atoms with Crippen molar-refractivity contribution in [3.8, 4) is 6.07 Å². The molecule has 0 fully saturated rings. The van der Waals surface area contributed by atoms with E-state index < -0.39 is 0 Å². The topological polar surface area (TPSA) is 36.1 Å². The summed E-state index contributed by atoms with van der Waals surface area (Å²) in [6, 6.07) is 10.3. The highest BCUT2D eigenvalue weighted by atomic mass is 14.7. The second-order valence-corrected chi connectivity index (χ2v) is 3.67. The Kier molecular flexibility index (Phi) is 1.60. The van der Waals surface area contributed by atoms with Gasteiger partial charge in [0.05, 0.1) is 0 Å². The van der Waals surface area contributed by atoms with Gasteiger partial charge < -0.3 is 0 Å². The van der Waals surface area contributed by atoms with Crippen molar-refractivity contribution in [2.75, 3.05) is 0 Å². The normalized spacial score (nSPS) is 21.1. The number of rotatable bonds is 0. The molecule has 2 aliphatic rings. The van der Waals surface area contributed by atoms with Crippen LogP contribution in [0.3, 0.4) is 0 Å². The number of nitrogens with zero attached hydrogens (tertiary/aromatic N) is 2. The van der Waals surface area contributed by atoms with E-state index in [1.54, 1.807) is 0 Å². The molecule has 0 aromatic heterocycles. The van der Waals surface area contributed by atoms with Crippen LogP contribution in [0.4, 0.5) is 0 Å². The van der Waals surface area contributed by atoms with E-state index in [9.17, 15) is 0 Å². The zero-order valence-corrected chi connectivity index (χ0v) is 8.01. The van der Waals surface area contributed by atoms with Gasteiger partial charge in [-0.1, -0.05) is 30.3 Å². The number of aliphatic imine (C=N–C) groups is 1. The van der Waals surface area contributed by atoms with Crippen LogP contribution in [-0.2, 0) is 0 Å². The number of fused-ring (bicyclic) bond motifs is 3. The Bertz CT molecular complexity index is 556. The van der Waals surface area contributed by atoms with Crippen LogP contribution in [0.15, 0.2) is 46.6 Å². The second-order valence-electron chi connectivity index (χ2n) is 3.67. The van der Waals surface area contributed by atoms with Crippen LogP contribution in [0.1, 0.15) is 17.0 Å². The fraction of sp³-hybridized carbons (Fsp3) is 0.0769. The Morgan fingerprint density at radius 1 is 1.20 bits per heavy atom. The van der Waals surface area contributed by atoms with Crippen LogP contribution in [0.2, 0.25) is 0 Å². The van der Waals surface area contributed by atoms with E-state index in [1.807, 2.05) is 24.4 Å². The van der Waals surface area contributed by atoms with Gasteiger partial charge in [-0.2, -0.15) is 5.26 Å². The summed E-state index contributed by atoms with van der Waals surface area (Å²) in [4.78, 5) is 4.12. The van der Waals surface area contributed by atoms with Gasteiger partial charge >= 0.3 is 0 Å². The molecular weight excluding hydrogens is 184 g/mol. The molecule has 1 aromatic carbocycles. The fourth-order valence-corrected chi connectivity index (χ4v) is 2.08. The average molecular weight is 192 g/mol. The summed E-state index contributed by atoms with van der Waals surface area (Å²) >= 11 is 0. The highest BCUT2D eigenvalue weighted by Crippen LogP contribution is 2.37. The van der Waals surface area contributed by atoms with Crippen molar-refractivity contribution < 1.29 is 0 Å². The standard InChI is InChI=1S/C13H8N2/c14-7-11-6-10-5-9-3-1-2-4-12(9)13(10)8-15-11/h1-6,8,13H. The first-order valence-electron chi connectivity index (χ1n) is 4.85. The second kappa shape index (κ2) is 2.93. The van der Waals surface area contributed by atoms with Crippen LogP contribution in [0.5, 0.6) is 0 Å². The molecule has 70 valence electrons. The third-order valence-electron chi connectivity index (χ3n) is 2.79. The fourth-order valence-electron chi connectivity index (χ4n) is 2.08. The van der Waals surface area contributed by atoms with Gasteiger partial charge in [-0.15, -0.1) is 0 Å². The van der Waals surface area contributed by atoms with Crippen molar-refractivity contribution in [1.82, 2.24) is 0 Å². The van der Waals surface area contributed by atoms with E-state index in [4.69, 9.17) is 5.26 Å².